The summed E-state index contributed by atoms with van der Waals surface area (Å²) in [4.78, 5) is 23.1. The van der Waals surface area contributed by atoms with Gasteiger partial charge in [-0.25, -0.2) is 4.39 Å². The first-order valence-corrected chi connectivity index (χ1v) is 6.27. The fraction of sp³-hybridized carbons (Fsp3) is 0.429. The summed E-state index contributed by atoms with van der Waals surface area (Å²) in [6.07, 6.45) is -0.126. The van der Waals surface area contributed by atoms with Crippen LogP contribution in [0.1, 0.15) is 12.5 Å². The van der Waals surface area contributed by atoms with Crippen molar-refractivity contribution in [1.82, 2.24) is 5.32 Å². The fourth-order valence-corrected chi connectivity index (χ4v) is 2.15. The smallest absolute Gasteiger partial charge is 0.313 e. The maximum atomic E-state index is 13.4. The summed E-state index contributed by atoms with van der Waals surface area (Å²) in [7, 11) is 0. The van der Waals surface area contributed by atoms with Crippen molar-refractivity contribution in [3.8, 4) is 0 Å². The summed E-state index contributed by atoms with van der Waals surface area (Å²) >= 11 is 0. The third-order valence-corrected chi connectivity index (χ3v) is 3.59. The fourth-order valence-electron chi connectivity index (χ4n) is 2.15. The van der Waals surface area contributed by atoms with Crippen LogP contribution in [0.5, 0.6) is 0 Å². The predicted molar refractivity (Wildman–Crippen MR) is 68.6 cm³/mol. The van der Waals surface area contributed by atoms with Crippen LogP contribution in [0, 0.1) is 11.2 Å². The van der Waals surface area contributed by atoms with Gasteiger partial charge in [0.1, 0.15) is 11.2 Å². The van der Waals surface area contributed by atoms with Gasteiger partial charge in [0, 0.05) is 0 Å². The largest absolute Gasteiger partial charge is 0.481 e. The van der Waals surface area contributed by atoms with E-state index in [2.05, 4.69) is 5.32 Å². The minimum absolute atomic E-state index is 0.0486. The van der Waals surface area contributed by atoms with E-state index in [1.807, 2.05) is 0 Å². The third kappa shape index (κ3) is 2.80. The molecule has 0 bridgehead atoms. The van der Waals surface area contributed by atoms with Crippen LogP contribution >= 0.6 is 0 Å². The summed E-state index contributed by atoms with van der Waals surface area (Å²) in [5, 5.41) is 11.8. The van der Waals surface area contributed by atoms with E-state index < -0.39 is 29.2 Å². The Hall–Kier alpha value is -1.95. The molecule has 1 aromatic rings. The summed E-state index contributed by atoms with van der Waals surface area (Å²) in [5.74, 6) is -1.89. The lowest BCUT2D eigenvalue weighted by Gasteiger charge is -2.25. The molecule has 1 aliphatic heterocycles. The molecule has 2 unspecified atom stereocenters. The molecule has 0 aromatic heterocycles. The number of halogens is 1. The number of hydrogen-bond donors (Lipinski definition) is 2. The molecule has 1 aliphatic rings. The van der Waals surface area contributed by atoms with Gasteiger partial charge in [0.15, 0.2) is 0 Å². The van der Waals surface area contributed by atoms with Crippen LogP contribution in [-0.4, -0.2) is 36.2 Å². The first-order valence-electron chi connectivity index (χ1n) is 6.27. The van der Waals surface area contributed by atoms with Gasteiger partial charge in [-0.2, -0.15) is 0 Å². The van der Waals surface area contributed by atoms with Crippen molar-refractivity contribution in [3.63, 3.8) is 0 Å². The second-order valence-corrected chi connectivity index (χ2v) is 5.13. The van der Waals surface area contributed by atoms with Gasteiger partial charge in [-0.15, -0.1) is 0 Å². The van der Waals surface area contributed by atoms with Gasteiger partial charge in [-0.3, -0.25) is 9.59 Å². The van der Waals surface area contributed by atoms with Crippen molar-refractivity contribution in [2.75, 3.05) is 13.2 Å². The van der Waals surface area contributed by atoms with Crippen molar-refractivity contribution in [2.45, 2.75) is 19.4 Å². The van der Waals surface area contributed by atoms with E-state index in [1.54, 1.807) is 12.1 Å². The molecule has 1 amide bonds. The topological polar surface area (TPSA) is 75.6 Å². The highest BCUT2D eigenvalue weighted by Gasteiger charge is 2.47. The first-order chi connectivity index (χ1) is 9.43. The number of amides is 1. The second-order valence-electron chi connectivity index (χ2n) is 5.13. The lowest BCUT2D eigenvalue weighted by Crippen LogP contribution is -2.50. The van der Waals surface area contributed by atoms with Gasteiger partial charge >= 0.3 is 5.97 Å². The maximum Gasteiger partial charge on any atom is 0.313 e. The zero-order chi connectivity index (χ0) is 14.8. The van der Waals surface area contributed by atoms with Crippen LogP contribution in [-0.2, 0) is 20.7 Å². The molecule has 2 N–H and O–H groups in total. The van der Waals surface area contributed by atoms with E-state index >= 15 is 0 Å². The van der Waals surface area contributed by atoms with Crippen LogP contribution in [0.2, 0.25) is 0 Å². The predicted octanol–water partition coefficient (Wildman–Crippen LogP) is 0.974. The van der Waals surface area contributed by atoms with E-state index in [0.29, 0.717) is 0 Å². The Morgan fingerprint density at radius 3 is 2.85 bits per heavy atom. The molecule has 0 aliphatic carbocycles. The number of aliphatic carboxylic acids is 1. The Morgan fingerprint density at radius 2 is 2.20 bits per heavy atom. The molecule has 0 saturated carbocycles. The highest BCUT2D eigenvalue weighted by Crippen LogP contribution is 2.28. The zero-order valence-corrected chi connectivity index (χ0v) is 11.1. The first kappa shape index (κ1) is 14.5. The average molecular weight is 281 g/mol. The van der Waals surface area contributed by atoms with Gasteiger partial charge in [0.2, 0.25) is 5.91 Å². The van der Waals surface area contributed by atoms with Gasteiger partial charge < -0.3 is 15.2 Å². The number of carbonyl (C=O) groups is 2. The Morgan fingerprint density at radius 1 is 1.50 bits per heavy atom. The van der Waals surface area contributed by atoms with Crippen molar-refractivity contribution in [2.24, 2.45) is 5.41 Å². The number of benzene rings is 1. The third-order valence-electron chi connectivity index (χ3n) is 3.59. The Balaban J connectivity index is 2.02. The molecule has 1 saturated heterocycles. The number of carbonyl (C=O) groups excluding carboxylic acids is 1. The Kier molecular flexibility index (Phi) is 4.04. The molecule has 20 heavy (non-hydrogen) atoms. The molecular formula is C14H16FNO4. The van der Waals surface area contributed by atoms with Crippen LogP contribution < -0.4 is 5.32 Å². The number of ether oxygens (including phenoxy) is 1. The van der Waals surface area contributed by atoms with Gasteiger partial charge in [0.05, 0.1) is 25.7 Å². The van der Waals surface area contributed by atoms with Gasteiger partial charge in [0.25, 0.3) is 0 Å². The number of carboxylic acids is 1. The average Bonchev–Trinajstić information content (AvgIpc) is 2.75. The lowest BCUT2D eigenvalue weighted by molar-refractivity contribution is -0.149. The van der Waals surface area contributed by atoms with Crippen molar-refractivity contribution >= 4 is 11.9 Å². The summed E-state index contributed by atoms with van der Waals surface area (Å²) in [6, 6.07) is 5.38. The molecule has 5 nitrogen and oxygen atoms in total. The Bertz CT molecular complexity index is 534. The second kappa shape index (κ2) is 5.58. The van der Waals surface area contributed by atoms with E-state index in [-0.39, 0.29) is 25.2 Å². The highest BCUT2D eigenvalue weighted by atomic mass is 19.1. The van der Waals surface area contributed by atoms with Gasteiger partial charge in [-0.05, 0) is 18.6 Å². The number of rotatable bonds is 4. The molecular weight excluding hydrogens is 265 g/mol. The summed E-state index contributed by atoms with van der Waals surface area (Å²) in [5.41, 5.74) is -0.869. The van der Waals surface area contributed by atoms with Crippen molar-refractivity contribution in [1.29, 1.82) is 0 Å². The number of carboxylic acid groups (broad SMARTS) is 1. The monoisotopic (exact) mass is 281 g/mol. The molecule has 1 fully saturated rings. The van der Waals surface area contributed by atoms with Crippen LogP contribution in [0.25, 0.3) is 0 Å². The molecule has 6 heteroatoms. The quantitative estimate of drug-likeness (QED) is 0.862. The van der Waals surface area contributed by atoms with E-state index in [4.69, 9.17) is 4.74 Å². The molecule has 2 atom stereocenters. The van der Waals surface area contributed by atoms with Crippen molar-refractivity contribution in [3.05, 3.63) is 35.6 Å². The number of nitrogens with one attached hydrogen (secondary N) is 1. The molecule has 2 rings (SSSR count). The normalized spacial score (nSPS) is 25.4. The molecule has 1 heterocycles. The molecule has 1 aromatic carbocycles. The van der Waals surface area contributed by atoms with Crippen molar-refractivity contribution < 1.29 is 23.8 Å². The van der Waals surface area contributed by atoms with Crippen LogP contribution in [0.3, 0.4) is 0 Å². The van der Waals surface area contributed by atoms with E-state index in [1.165, 1.54) is 19.1 Å². The van der Waals surface area contributed by atoms with Crippen LogP contribution in [0.4, 0.5) is 4.39 Å². The molecule has 108 valence electrons. The van der Waals surface area contributed by atoms with E-state index in [9.17, 15) is 19.1 Å². The standard InChI is InChI=1S/C14H16FNO4/c1-14(13(18)19)8-20-7-11(14)16-12(17)6-9-4-2-3-5-10(9)15/h2-5,11H,6-8H2,1H3,(H,16,17)(H,18,19). The summed E-state index contributed by atoms with van der Waals surface area (Å²) < 4.78 is 18.6. The minimum Gasteiger partial charge on any atom is -0.481 e. The zero-order valence-electron chi connectivity index (χ0n) is 11.1. The summed E-state index contributed by atoms with van der Waals surface area (Å²) in [6.45, 7) is 1.72. The van der Waals surface area contributed by atoms with Gasteiger partial charge in [-0.1, -0.05) is 18.2 Å². The highest BCUT2D eigenvalue weighted by molar-refractivity contribution is 5.81. The molecule has 0 spiro atoms. The van der Waals surface area contributed by atoms with Crippen LogP contribution in [0.15, 0.2) is 24.3 Å². The Labute approximate surface area is 115 Å². The maximum absolute atomic E-state index is 13.4. The minimum atomic E-state index is -1.15. The number of hydrogen-bond acceptors (Lipinski definition) is 3. The lowest BCUT2D eigenvalue weighted by atomic mass is 9.85. The molecule has 0 radical (unpaired) electrons. The SMILES string of the molecule is CC1(C(=O)O)COCC1NC(=O)Cc1ccccc1F. The van der Waals surface area contributed by atoms with E-state index in [0.717, 1.165) is 0 Å².